The first-order valence-corrected chi connectivity index (χ1v) is 8.20. The largest absolute Gasteiger partial charge is 0.489 e. The Morgan fingerprint density at radius 1 is 1.13 bits per heavy atom. The summed E-state index contributed by atoms with van der Waals surface area (Å²) < 4.78 is 57.4. The fourth-order valence-corrected chi connectivity index (χ4v) is 3.41. The Balaban J connectivity index is 1.68. The molecule has 8 heteroatoms. The lowest BCUT2D eigenvalue weighted by Gasteiger charge is -2.06. The lowest BCUT2D eigenvalue weighted by Crippen LogP contribution is -2.23. The van der Waals surface area contributed by atoms with Gasteiger partial charge in [0.05, 0.1) is 11.4 Å². The SMILES string of the molecule is O=S1(=O)NC(=NCCOc2ccc(F)cc2F)c2ccccc21. The summed E-state index contributed by atoms with van der Waals surface area (Å²) in [4.78, 5) is 4.30. The van der Waals surface area contributed by atoms with Crippen LogP contribution in [0.5, 0.6) is 5.75 Å². The van der Waals surface area contributed by atoms with E-state index in [0.717, 1.165) is 12.1 Å². The molecule has 5 nitrogen and oxygen atoms in total. The summed E-state index contributed by atoms with van der Waals surface area (Å²) >= 11 is 0. The Labute approximate surface area is 131 Å². The maximum atomic E-state index is 13.4. The molecule has 0 atom stereocenters. The van der Waals surface area contributed by atoms with E-state index in [-0.39, 0.29) is 29.6 Å². The maximum Gasteiger partial charge on any atom is 0.263 e. The minimum atomic E-state index is -3.58. The lowest BCUT2D eigenvalue weighted by atomic mass is 10.2. The van der Waals surface area contributed by atoms with Crippen molar-refractivity contribution in [2.75, 3.05) is 13.2 Å². The van der Waals surface area contributed by atoms with Crippen LogP contribution in [0.2, 0.25) is 0 Å². The number of aliphatic imine (C=N–C) groups is 1. The summed E-state index contributed by atoms with van der Waals surface area (Å²) in [6.45, 7) is 0.138. The molecule has 2 aromatic rings. The molecular weight excluding hydrogens is 326 g/mol. The molecule has 0 aromatic heterocycles. The molecule has 3 rings (SSSR count). The van der Waals surface area contributed by atoms with Gasteiger partial charge in [-0.2, -0.15) is 0 Å². The first kappa shape index (κ1) is 15.4. The number of sulfonamides is 1. The molecule has 0 spiro atoms. The van der Waals surface area contributed by atoms with E-state index in [9.17, 15) is 17.2 Å². The van der Waals surface area contributed by atoms with Crippen molar-refractivity contribution >= 4 is 15.9 Å². The van der Waals surface area contributed by atoms with Crippen molar-refractivity contribution in [2.24, 2.45) is 4.99 Å². The maximum absolute atomic E-state index is 13.4. The van der Waals surface area contributed by atoms with E-state index >= 15 is 0 Å². The van der Waals surface area contributed by atoms with E-state index < -0.39 is 21.7 Å². The number of hydrogen-bond acceptors (Lipinski definition) is 4. The van der Waals surface area contributed by atoms with Crippen LogP contribution in [0.3, 0.4) is 0 Å². The highest BCUT2D eigenvalue weighted by Crippen LogP contribution is 2.22. The summed E-state index contributed by atoms with van der Waals surface area (Å²) in [5.41, 5.74) is 0.487. The number of rotatable bonds is 4. The van der Waals surface area contributed by atoms with Crippen LogP contribution in [0, 0.1) is 11.6 Å². The standard InChI is InChI=1S/C15H12F2N2O3S/c16-10-5-6-13(12(17)9-10)22-8-7-18-15-11-3-1-2-4-14(11)23(20,21)19-15/h1-6,9H,7-8H2,(H,18,19). The van der Waals surface area contributed by atoms with Gasteiger partial charge in [0.1, 0.15) is 18.3 Å². The van der Waals surface area contributed by atoms with E-state index in [1.165, 1.54) is 12.1 Å². The molecule has 0 saturated carbocycles. The number of hydrogen-bond donors (Lipinski definition) is 1. The summed E-state index contributed by atoms with van der Waals surface area (Å²) in [7, 11) is -3.58. The molecule has 0 radical (unpaired) electrons. The third-order valence-corrected chi connectivity index (χ3v) is 4.57. The second-order valence-electron chi connectivity index (χ2n) is 4.76. The Kier molecular flexibility index (Phi) is 3.99. The Bertz CT molecular complexity index is 882. The lowest BCUT2D eigenvalue weighted by molar-refractivity contribution is 0.310. The van der Waals surface area contributed by atoms with Crippen LogP contribution in [0.25, 0.3) is 0 Å². The molecule has 1 N–H and O–H groups in total. The summed E-state index contributed by atoms with van der Waals surface area (Å²) in [6, 6.07) is 9.47. The van der Waals surface area contributed by atoms with Crippen molar-refractivity contribution in [1.82, 2.24) is 4.72 Å². The van der Waals surface area contributed by atoms with Crippen LogP contribution in [-0.2, 0) is 10.0 Å². The average Bonchev–Trinajstić information content (AvgIpc) is 2.77. The number of fused-ring (bicyclic) bond motifs is 1. The van der Waals surface area contributed by atoms with Crippen LogP contribution >= 0.6 is 0 Å². The van der Waals surface area contributed by atoms with Crippen molar-refractivity contribution in [3.8, 4) is 5.75 Å². The van der Waals surface area contributed by atoms with E-state index in [2.05, 4.69) is 9.71 Å². The number of benzene rings is 2. The smallest absolute Gasteiger partial charge is 0.263 e. The molecule has 0 aliphatic carbocycles. The molecular formula is C15H12F2N2O3S. The van der Waals surface area contributed by atoms with Crippen molar-refractivity contribution in [3.63, 3.8) is 0 Å². The summed E-state index contributed by atoms with van der Waals surface area (Å²) in [5.74, 6) is -1.35. The fourth-order valence-electron chi connectivity index (χ4n) is 2.16. The number of nitrogens with one attached hydrogen (secondary N) is 1. The molecule has 1 heterocycles. The van der Waals surface area contributed by atoms with Gasteiger partial charge < -0.3 is 4.74 Å². The first-order valence-electron chi connectivity index (χ1n) is 6.72. The monoisotopic (exact) mass is 338 g/mol. The predicted molar refractivity (Wildman–Crippen MR) is 80.0 cm³/mol. The molecule has 1 aliphatic heterocycles. The first-order chi connectivity index (χ1) is 11.0. The van der Waals surface area contributed by atoms with Gasteiger partial charge in [-0.3, -0.25) is 9.71 Å². The highest BCUT2D eigenvalue weighted by Gasteiger charge is 2.29. The minimum absolute atomic E-state index is 0.0238. The zero-order valence-corrected chi connectivity index (χ0v) is 12.6. The molecule has 0 amide bonds. The van der Waals surface area contributed by atoms with Gasteiger partial charge in [0.2, 0.25) is 0 Å². The molecule has 0 bridgehead atoms. The van der Waals surface area contributed by atoms with Crippen molar-refractivity contribution in [3.05, 3.63) is 59.7 Å². The second kappa shape index (κ2) is 5.96. The zero-order valence-electron chi connectivity index (χ0n) is 11.8. The van der Waals surface area contributed by atoms with Gasteiger partial charge in [0.15, 0.2) is 11.6 Å². The molecule has 2 aromatic carbocycles. The predicted octanol–water partition coefficient (Wildman–Crippen LogP) is 2.08. The van der Waals surface area contributed by atoms with E-state index in [1.54, 1.807) is 18.2 Å². The van der Waals surface area contributed by atoms with E-state index in [1.807, 2.05) is 0 Å². The quantitative estimate of drug-likeness (QED) is 0.868. The van der Waals surface area contributed by atoms with Crippen molar-refractivity contribution < 1.29 is 21.9 Å². The number of halogens is 2. The number of nitrogens with zero attached hydrogens (tertiary/aromatic N) is 1. The summed E-state index contributed by atoms with van der Waals surface area (Å²) in [6.07, 6.45) is 0. The Morgan fingerprint density at radius 2 is 1.91 bits per heavy atom. The van der Waals surface area contributed by atoms with Crippen molar-refractivity contribution in [1.29, 1.82) is 0 Å². The number of ether oxygens (including phenoxy) is 1. The highest BCUT2D eigenvalue weighted by atomic mass is 32.2. The molecule has 0 fully saturated rings. The third-order valence-electron chi connectivity index (χ3n) is 3.18. The van der Waals surface area contributed by atoms with E-state index in [4.69, 9.17) is 4.74 Å². The Hall–Kier alpha value is -2.48. The molecule has 23 heavy (non-hydrogen) atoms. The third kappa shape index (κ3) is 3.16. The van der Waals surface area contributed by atoms with Gasteiger partial charge in [-0.1, -0.05) is 12.1 Å². The van der Waals surface area contributed by atoms with Gasteiger partial charge in [-0.25, -0.2) is 17.2 Å². The van der Waals surface area contributed by atoms with Gasteiger partial charge in [0.25, 0.3) is 10.0 Å². The average molecular weight is 338 g/mol. The Morgan fingerprint density at radius 3 is 2.70 bits per heavy atom. The highest BCUT2D eigenvalue weighted by molar-refractivity contribution is 7.90. The van der Waals surface area contributed by atoms with Gasteiger partial charge in [-0.15, -0.1) is 0 Å². The van der Waals surface area contributed by atoms with Crippen LogP contribution in [0.1, 0.15) is 5.56 Å². The van der Waals surface area contributed by atoms with Gasteiger partial charge in [-0.05, 0) is 24.3 Å². The topological polar surface area (TPSA) is 67.8 Å². The normalized spacial score (nSPS) is 16.9. The molecule has 0 saturated heterocycles. The van der Waals surface area contributed by atoms with Crippen LogP contribution in [0.4, 0.5) is 8.78 Å². The van der Waals surface area contributed by atoms with Crippen LogP contribution < -0.4 is 9.46 Å². The minimum Gasteiger partial charge on any atom is -0.489 e. The number of amidine groups is 1. The van der Waals surface area contributed by atoms with Gasteiger partial charge >= 0.3 is 0 Å². The van der Waals surface area contributed by atoms with Crippen LogP contribution in [-0.4, -0.2) is 27.4 Å². The molecule has 120 valence electrons. The van der Waals surface area contributed by atoms with Crippen LogP contribution in [0.15, 0.2) is 52.4 Å². The summed E-state index contributed by atoms with van der Waals surface area (Å²) in [5, 5.41) is 0. The van der Waals surface area contributed by atoms with Gasteiger partial charge in [0, 0.05) is 11.6 Å². The zero-order chi connectivity index (χ0) is 16.4. The fraction of sp³-hybridized carbons (Fsp3) is 0.133. The van der Waals surface area contributed by atoms with E-state index in [0.29, 0.717) is 5.56 Å². The second-order valence-corrected chi connectivity index (χ2v) is 6.41. The molecule has 1 aliphatic rings. The van der Waals surface area contributed by atoms with Crippen molar-refractivity contribution in [2.45, 2.75) is 4.90 Å². The molecule has 0 unspecified atom stereocenters.